The maximum Gasteiger partial charge on any atom is 0.255 e. The van der Waals surface area contributed by atoms with Crippen molar-refractivity contribution in [3.63, 3.8) is 0 Å². The minimum Gasteiger partial charge on any atom is -0.348 e. The number of nitrogens with zero attached hydrogens (tertiary/aromatic N) is 2. The van der Waals surface area contributed by atoms with Crippen LogP contribution in [0.2, 0.25) is 12.6 Å². The molecule has 2 fully saturated rings. The van der Waals surface area contributed by atoms with E-state index in [2.05, 4.69) is 67.3 Å². The molecule has 8 N–H and O–H groups in total. The van der Waals surface area contributed by atoms with Gasteiger partial charge in [-0.25, -0.2) is 0 Å². The van der Waals surface area contributed by atoms with Crippen LogP contribution in [-0.4, -0.2) is 135 Å². The number of hydrogen-bond acceptors (Lipinski definition) is 10. The van der Waals surface area contributed by atoms with Gasteiger partial charge in [0.05, 0.1) is 33.0 Å². The zero-order valence-electron chi connectivity index (χ0n) is 47.4. The van der Waals surface area contributed by atoms with Crippen LogP contribution in [0.3, 0.4) is 0 Å². The average molecular weight is 1110 g/mol. The van der Waals surface area contributed by atoms with Crippen LogP contribution < -0.4 is 42.5 Å². The molecule has 0 unspecified atom stereocenters. The highest BCUT2D eigenvalue weighted by molar-refractivity contribution is 6.59. The lowest BCUT2D eigenvalue weighted by atomic mass is 9.85. The maximum atomic E-state index is 14.6. The van der Waals surface area contributed by atoms with Crippen LogP contribution >= 0.6 is 0 Å². The van der Waals surface area contributed by atoms with Crippen molar-refractivity contribution in [3.05, 3.63) is 136 Å². The van der Waals surface area contributed by atoms with Gasteiger partial charge in [-0.3, -0.25) is 38.4 Å². The molecule has 2 aliphatic carbocycles. The monoisotopic (exact) mass is 1110 g/mol. The second-order valence-corrected chi connectivity index (χ2v) is 25.8. The van der Waals surface area contributed by atoms with Gasteiger partial charge in [-0.05, 0) is 149 Å². The Hall–Kier alpha value is -7.22. The summed E-state index contributed by atoms with van der Waals surface area (Å²) in [5.41, 5.74) is 5.61. The second-order valence-electron chi connectivity index (χ2n) is 23.2. The van der Waals surface area contributed by atoms with Crippen molar-refractivity contribution >= 4 is 61.7 Å². The molecule has 4 aromatic carbocycles. The zero-order valence-corrected chi connectivity index (χ0v) is 48.4. The van der Waals surface area contributed by atoms with Crippen molar-refractivity contribution < 1.29 is 38.4 Å². The quantitative estimate of drug-likeness (QED) is 0.0641. The second kappa shape index (κ2) is 25.9. The van der Waals surface area contributed by atoms with E-state index in [1.165, 1.54) is 40.3 Å². The van der Waals surface area contributed by atoms with E-state index in [-0.39, 0.29) is 72.1 Å². The number of benzene rings is 4. The summed E-state index contributed by atoms with van der Waals surface area (Å²) in [6.45, 7) is 11.1. The summed E-state index contributed by atoms with van der Waals surface area (Å²) in [4.78, 5) is 115. The Morgan fingerprint density at radius 1 is 0.625 bits per heavy atom. The van der Waals surface area contributed by atoms with Crippen LogP contribution in [0, 0.1) is 5.41 Å². The first-order chi connectivity index (χ1) is 38.2. The molecule has 0 aromatic heterocycles. The fourth-order valence-electron chi connectivity index (χ4n) is 11.4. The van der Waals surface area contributed by atoms with E-state index in [9.17, 15) is 38.4 Å². The van der Waals surface area contributed by atoms with Gasteiger partial charge in [0.2, 0.25) is 35.4 Å². The molecule has 2 saturated heterocycles. The molecule has 0 spiro atoms. The number of rotatable bonds is 18. The molecule has 4 aromatic rings. The molecular formula is C61H79N10O8Si. The zero-order chi connectivity index (χ0) is 57.4. The number of amides is 8. The summed E-state index contributed by atoms with van der Waals surface area (Å²) in [6, 6.07) is 24.3. The Labute approximate surface area is 471 Å². The molecule has 425 valence electrons. The fraction of sp³-hybridized carbons (Fsp3) is 0.475. The van der Waals surface area contributed by atoms with E-state index in [1.807, 2.05) is 51.1 Å². The molecule has 2 heterocycles. The third-order valence-electron chi connectivity index (χ3n) is 16.3. The highest BCUT2D eigenvalue weighted by Gasteiger charge is 2.47. The SMILES string of the molecule is CN[C@@H](C)C(=O)N[C@@H](Cc1ccc(NC(=O)c2ccc(C(=O)N[C@H]3C[C@@H](C(=O)N[C@@H]4CCCc5ccccc54)N(C(=O)[C@@H](NC(=O)[C@H](C)NC)C(C)(C)C)C3)cc2)cc1)C(=O)N1C[Si](C)C[C@H]1C(=O)N[C@@H]1CCCc2ccccc21. The molecule has 9 atom stereocenters. The standard InChI is InChI=1S/C61H79N10O8Si/c1-36(62-6)53(72)68-49(59(78)71-35-80(8)34-51(71)58(77)67-48-22-14-18-40-16-10-12-20-46(40)48)31-38-23-29-43(30-24-38)64-55(74)41-25-27-42(28-26-41)56(75)65-44-32-50(57(76)66-47-21-13-17-39-15-9-11-19-45(39)47)70(33-44)60(79)52(61(3,4)5)69-54(73)37(2)63-7/h9-12,15-16,19-20,23-30,36-37,44,47-52,62-63H,13-14,17-18,21-22,31-35H2,1-8H3,(H,64,74)(H,65,75)(H,66,76)(H,67,77)(H,68,72)(H,69,73)/t36-,37-,44-,47+,48+,49-,50-,51-,52+/m0/s1. The van der Waals surface area contributed by atoms with Crippen molar-refractivity contribution in [2.45, 2.75) is 153 Å². The number of carbonyl (C=O) groups excluding carboxylic acids is 8. The van der Waals surface area contributed by atoms with Gasteiger partial charge in [0.1, 0.15) is 24.2 Å². The van der Waals surface area contributed by atoms with E-state index in [4.69, 9.17) is 0 Å². The third kappa shape index (κ3) is 14.0. The molecule has 1 radical (unpaired) electrons. The molecule has 4 aliphatic rings. The topological polar surface area (TPSA) is 239 Å². The first-order valence-corrected chi connectivity index (χ1v) is 30.6. The summed E-state index contributed by atoms with van der Waals surface area (Å²) >= 11 is 0. The normalized spacial score (nSPS) is 21.4. The molecule has 2 aliphatic heterocycles. The number of likely N-dealkylation sites (tertiary alicyclic amines) is 1. The van der Waals surface area contributed by atoms with Crippen molar-refractivity contribution in [1.29, 1.82) is 0 Å². The van der Waals surface area contributed by atoms with Crippen LogP contribution in [0.1, 0.15) is 127 Å². The summed E-state index contributed by atoms with van der Waals surface area (Å²) < 4.78 is 0. The Morgan fingerprint density at radius 2 is 1.15 bits per heavy atom. The lowest BCUT2D eigenvalue weighted by Crippen LogP contribution is -2.59. The molecule has 8 rings (SSSR count). The summed E-state index contributed by atoms with van der Waals surface area (Å²) in [5, 5.41) is 24.1. The predicted molar refractivity (Wildman–Crippen MR) is 309 cm³/mol. The van der Waals surface area contributed by atoms with E-state index < -0.39 is 74.2 Å². The van der Waals surface area contributed by atoms with Crippen LogP contribution in [0.25, 0.3) is 0 Å². The van der Waals surface area contributed by atoms with Crippen LogP contribution in [-0.2, 0) is 48.0 Å². The largest absolute Gasteiger partial charge is 0.348 e. The predicted octanol–water partition coefficient (Wildman–Crippen LogP) is 4.67. The smallest absolute Gasteiger partial charge is 0.255 e. The Balaban J connectivity index is 0.908. The van der Waals surface area contributed by atoms with E-state index in [1.54, 1.807) is 57.1 Å². The molecule has 80 heavy (non-hydrogen) atoms. The lowest BCUT2D eigenvalue weighted by Gasteiger charge is -2.36. The summed E-state index contributed by atoms with van der Waals surface area (Å²) in [5.74, 6) is -2.83. The summed E-state index contributed by atoms with van der Waals surface area (Å²) in [7, 11) is 2.27. The number of aryl methyl sites for hydroxylation is 2. The van der Waals surface area contributed by atoms with Crippen LogP contribution in [0.4, 0.5) is 5.69 Å². The number of likely N-dealkylation sites (N-methyl/N-ethyl adjacent to an activating group) is 2. The Bertz CT molecular complexity index is 2930. The first kappa shape index (κ1) is 58.9. The average Bonchev–Trinajstić information content (AvgIpc) is 4.09. The van der Waals surface area contributed by atoms with E-state index >= 15 is 0 Å². The Morgan fingerprint density at radius 3 is 1.70 bits per heavy atom. The molecule has 0 bridgehead atoms. The van der Waals surface area contributed by atoms with Gasteiger partial charge in [-0.15, -0.1) is 0 Å². The minimum atomic E-state index is -1.05. The molecule has 18 nitrogen and oxygen atoms in total. The number of hydrogen-bond donors (Lipinski definition) is 8. The van der Waals surface area contributed by atoms with Gasteiger partial charge in [-0.2, -0.15) is 0 Å². The van der Waals surface area contributed by atoms with Crippen LogP contribution in [0.5, 0.6) is 0 Å². The minimum absolute atomic E-state index is 0.0306. The van der Waals surface area contributed by atoms with Gasteiger partial charge < -0.3 is 52.3 Å². The number of fused-ring (bicyclic) bond motifs is 2. The molecular weight excluding hydrogens is 1030 g/mol. The van der Waals surface area contributed by atoms with Crippen molar-refractivity contribution in [2.24, 2.45) is 5.41 Å². The summed E-state index contributed by atoms with van der Waals surface area (Å²) in [6.07, 6.45) is 6.08. The van der Waals surface area contributed by atoms with Gasteiger partial charge in [0.15, 0.2) is 0 Å². The first-order valence-electron chi connectivity index (χ1n) is 28.2. The highest BCUT2D eigenvalue weighted by atomic mass is 28.3. The van der Waals surface area contributed by atoms with Gasteiger partial charge in [0, 0.05) is 42.0 Å². The van der Waals surface area contributed by atoms with Gasteiger partial charge >= 0.3 is 0 Å². The number of nitrogens with one attached hydrogen (secondary N) is 8. The Kier molecular flexibility index (Phi) is 19.1. The number of anilines is 1. The fourth-order valence-corrected chi connectivity index (χ4v) is 13.5. The van der Waals surface area contributed by atoms with E-state index in [0.29, 0.717) is 17.9 Å². The molecule has 0 saturated carbocycles. The van der Waals surface area contributed by atoms with Crippen LogP contribution in [0.15, 0.2) is 97.1 Å². The lowest BCUT2D eigenvalue weighted by molar-refractivity contribution is -0.144. The molecule has 8 amide bonds. The highest BCUT2D eigenvalue weighted by Crippen LogP contribution is 2.33. The van der Waals surface area contributed by atoms with E-state index in [0.717, 1.165) is 55.2 Å². The third-order valence-corrected chi connectivity index (χ3v) is 18.2. The van der Waals surface area contributed by atoms with Crippen molar-refractivity contribution in [3.8, 4) is 0 Å². The van der Waals surface area contributed by atoms with Crippen molar-refractivity contribution in [1.82, 2.24) is 47.0 Å². The van der Waals surface area contributed by atoms with Gasteiger partial charge in [-0.1, -0.05) is 88.0 Å². The van der Waals surface area contributed by atoms with Crippen molar-refractivity contribution in [2.75, 3.05) is 32.1 Å². The number of carbonyl (C=O) groups is 8. The van der Waals surface area contributed by atoms with Gasteiger partial charge in [0.25, 0.3) is 11.8 Å². The molecule has 19 heteroatoms. The maximum absolute atomic E-state index is 14.6.